The Bertz CT molecular complexity index is 1010. The molecule has 0 radical (unpaired) electrons. The molecule has 0 bridgehead atoms. The molecule has 0 spiro atoms. The Kier molecular flexibility index (Phi) is 7.93. The van der Waals surface area contributed by atoms with E-state index < -0.39 is 0 Å². The minimum Gasteiger partial charge on any atom is -0.374 e. The van der Waals surface area contributed by atoms with Gasteiger partial charge in [0.05, 0.1) is 6.10 Å². The van der Waals surface area contributed by atoms with Crippen molar-refractivity contribution in [3.05, 3.63) is 70.5 Å². The van der Waals surface area contributed by atoms with Gasteiger partial charge in [-0.1, -0.05) is 54.1 Å². The van der Waals surface area contributed by atoms with Gasteiger partial charge in [-0.2, -0.15) is 5.10 Å². The predicted molar refractivity (Wildman–Crippen MR) is 121 cm³/mol. The molecule has 0 aliphatic rings. The number of carbonyl (C=O) groups is 1. The van der Waals surface area contributed by atoms with Gasteiger partial charge in [0.1, 0.15) is 0 Å². The largest absolute Gasteiger partial charge is 0.374 e. The van der Waals surface area contributed by atoms with Gasteiger partial charge < -0.3 is 10.1 Å². The van der Waals surface area contributed by atoms with Crippen LogP contribution in [0.5, 0.6) is 0 Å². The second-order valence-corrected chi connectivity index (χ2v) is 7.64. The Morgan fingerprint density at radius 1 is 1.23 bits per heavy atom. The molecule has 158 valence electrons. The van der Waals surface area contributed by atoms with Crippen molar-refractivity contribution in [1.29, 1.82) is 0 Å². The number of aryl methyl sites for hydroxylation is 1. The van der Waals surface area contributed by atoms with Crippen molar-refractivity contribution in [2.45, 2.75) is 39.3 Å². The molecule has 1 atom stereocenters. The highest BCUT2D eigenvalue weighted by Gasteiger charge is 2.11. The molecule has 0 fully saturated rings. The van der Waals surface area contributed by atoms with Crippen molar-refractivity contribution >= 4 is 18.1 Å². The van der Waals surface area contributed by atoms with Crippen LogP contribution in [-0.2, 0) is 16.1 Å². The molecule has 3 aromatic rings. The molecular formula is C23H28N4O2S. The number of aromatic nitrogens is 3. The van der Waals surface area contributed by atoms with Gasteiger partial charge >= 0.3 is 0 Å². The number of ether oxygens (including phenoxy) is 1. The highest BCUT2D eigenvalue weighted by molar-refractivity contribution is 7.71. The van der Waals surface area contributed by atoms with Crippen molar-refractivity contribution in [3.63, 3.8) is 0 Å². The van der Waals surface area contributed by atoms with Crippen LogP contribution in [0.3, 0.4) is 0 Å². The average molecular weight is 425 g/mol. The van der Waals surface area contributed by atoms with E-state index in [1.54, 1.807) is 0 Å². The summed E-state index contributed by atoms with van der Waals surface area (Å²) >= 11 is 5.34. The van der Waals surface area contributed by atoms with E-state index in [0.717, 1.165) is 28.9 Å². The van der Waals surface area contributed by atoms with Crippen LogP contribution in [-0.4, -0.2) is 33.8 Å². The molecule has 0 aliphatic heterocycles. The van der Waals surface area contributed by atoms with Gasteiger partial charge in [-0.05, 0) is 44.1 Å². The number of nitrogens with one attached hydrogen (secondary N) is 2. The number of aromatic amines is 1. The molecule has 1 heterocycles. The number of nitrogens with zero attached hydrogens (tertiary/aromatic N) is 2. The molecule has 6 nitrogen and oxygen atoms in total. The fourth-order valence-corrected chi connectivity index (χ4v) is 3.44. The second kappa shape index (κ2) is 10.8. The quantitative estimate of drug-likeness (QED) is 0.369. The summed E-state index contributed by atoms with van der Waals surface area (Å²) in [6, 6.07) is 18.2. The summed E-state index contributed by atoms with van der Waals surface area (Å²) in [5, 5.41) is 10.1. The van der Waals surface area contributed by atoms with E-state index in [9.17, 15) is 4.79 Å². The maximum absolute atomic E-state index is 12.2. The number of rotatable bonds is 10. The summed E-state index contributed by atoms with van der Waals surface area (Å²) in [6.45, 7) is 5.73. The van der Waals surface area contributed by atoms with Crippen molar-refractivity contribution in [2.75, 3.05) is 13.2 Å². The summed E-state index contributed by atoms with van der Waals surface area (Å²) in [4.78, 5) is 12.2. The van der Waals surface area contributed by atoms with Crippen LogP contribution in [0, 0.1) is 11.7 Å². The second-order valence-electron chi connectivity index (χ2n) is 7.25. The number of amides is 1. The number of benzene rings is 2. The van der Waals surface area contributed by atoms with E-state index in [-0.39, 0.29) is 12.0 Å². The Morgan fingerprint density at radius 2 is 2.03 bits per heavy atom. The fraction of sp³-hybridized carbons (Fsp3) is 0.348. The van der Waals surface area contributed by atoms with Gasteiger partial charge in [-0.3, -0.25) is 14.5 Å². The molecule has 7 heteroatoms. The first-order chi connectivity index (χ1) is 14.5. The molecule has 30 heavy (non-hydrogen) atoms. The highest BCUT2D eigenvalue weighted by atomic mass is 32.1. The van der Waals surface area contributed by atoms with Crippen molar-refractivity contribution in [1.82, 2.24) is 20.1 Å². The van der Waals surface area contributed by atoms with E-state index >= 15 is 0 Å². The lowest BCUT2D eigenvalue weighted by Gasteiger charge is -2.13. The molecule has 0 saturated heterocycles. The number of hydrogen-bond donors (Lipinski definition) is 2. The Labute approximate surface area is 182 Å². The molecule has 1 aromatic heterocycles. The SMILES string of the molecule is Cc1cccc(-c2n[nH]c(=S)n2CCC(=O)NCCCO[C@@H](C)c2ccccc2)c1. The molecule has 0 unspecified atom stereocenters. The predicted octanol–water partition coefficient (Wildman–Crippen LogP) is 4.59. The first kappa shape index (κ1) is 21.9. The van der Waals surface area contributed by atoms with Crippen molar-refractivity contribution < 1.29 is 9.53 Å². The maximum Gasteiger partial charge on any atom is 0.221 e. The minimum absolute atomic E-state index is 0.00981. The van der Waals surface area contributed by atoms with Crippen LogP contribution >= 0.6 is 12.2 Å². The first-order valence-electron chi connectivity index (χ1n) is 10.2. The standard InChI is InChI=1S/C23H28N4O2S/c1-17-8-6-11-20(16-17)22-25-26-23(30)27(22)14-12-21(28)24-13-7-15-29-18(2)19-9-4-3-5-10-19/h3-6,8-11,16,18H,7,12-15H2,1-2H3,(H,24,28)(H,26,30)/t18-/m0/s1. The van der Waals surface area contributed by atoms with E-state index in [2.05, 4.69) is 33.7 Å². The van der Waals surface area contributed by atoms with E-state index in [1.165, 1.54) is 0 Å². The zero-order chi connectivity index (χ0) is 21.3. The van der Waals surface area contributed by atoms with Gasteiger partial charge in [0.2, 0.25) is 5.91 Å². The Balaban J connectivity index is 1.41. The third-order valence-corrected chi connectivity index (χ3v) is 5.19. The Morgan fingerprint density at radius 3 is 2.80 bits per heavy atom. The van der Waals surface area contributed by atoms with Crippen LogP contribution < -0.4 is 5.32 Å². The summed E-state index contributed by atoms with van der Waals surface area (Å²) in [6.07, 6.45) is 1.15. The van der Waals surface area contributed by atoms with Crippen molar-refractivity contribution in [3.8, 4) is 11.4 Å². The van der Waals surface area contributed by atoms with Gasteiger partial charge in [0.15, 0.2) is 10.6 Å². The van der Waals surface area contributed by atoms with Gasteiger partial charge in [-0.25, -0.2) is 0 Å². The molecule has 1 amide bonds. The molecule has 2 aromatic carbocycles. The Hall–Kier alpha value is -2.77. The topological polar surface area (TPSA) is 71.9 Å². The molecule has 3 rings (SSSR count). The molecule has 0 saturated carbocycles. The summed E-state index contributed by atoms with van der Waals surface area (Å²) in [5.41, 5.74) is 3.28. The van der Waals surface area contributed by atoms with E-state index in [4.69, 9.17) is 17.0 Å². The fourth-order valence-electron chi connectivity index (χ4n) is 3.21. The number of hydrogen-bond acceptors (Lipinski definition) is 4. The minimum atomic E-state index is -0.00981. The zero-order valence-corrected chi connectivity index (χ0v) is 18.2. The third kappa shape index (κ3) is 6.11. The molecule has 0 aliphatic carbocycles. The molecular weight excluding hydrogens is 396 g/mol. The van der Waals surface area contributed by atoms with Crippen LogP contribution in [0.4, 0.5) is 0 Å². The number of carbonyl (C=O) groups excluding carboxylic acids is 1. The monoisotopic (exact) mass is 424 g/mol. The highest BCUT2D eigenvalue weighted by Crippen LogP contribution is 2.19. The van der Waals surface area contributed by atoms with Gasteiger partial charge in [0, 0.05) is 31.7 Å². The van der Waals surface area contributed by atoms with Crippen molar-refractivity contribution in [2.24, 2.45) is 0 Å². The lowest BCUT2D eigenvalue weighted by atomic mass is 10.1. The number of H-pyrrole nitrogens is 1. The smallest absolute Gasteiger partial charge is 0.221 e. The molecule has 2 N–H and O–H groups in total. The maximum atomic E-state index is 12.2. The average Bonchev–Trinajstić information content (AvgIpc) is 3.13. The lowest BCUT2D eigenvalue weighted by Crippen LogP contribution is -2.26. The van der Waals surface area contributed by atoms with E-state index in [1.807, 2.05) is 54.8 Å². The van der Waals surface area contributed by atoms with Crippen LogP contribution in [0.1, 0.15) is 37.0 Å². The summed E-state index contributed by atoms with van der Waals surface area (Å²) in [7, 11) is 0. The summed E-state index contributed by atoms with van der Waals surface area (Å²) < 4.78 is 8.22. The lowest BCUT2D eigenvalue weighted by molar-refractivity contribution is -0.121. The van der Waals surface area contributed by atoms with E-state index in [0.29, 0.717) is 30.9 Å². The van der Waals surface area contributed by atoms with Crippen LogP contribution in [0.25, 0.3) is 11.4 Å². The van der Waals surface area contributed by atoms with Gasteiger partial charge in [-0.15, -0.1) is 0 Å². The first-order valence-corrected chi connectivity index (χ1v) is 10.6. The summed E-state index contributed by atoms with van der Waals surface area (Å²) in [5.74, 6) is 0.740. The normalized spacial score (nSPS) is 11.9. The van der Waals surface area contributed by atoms with Crippen LogP contribution in [0.15, 0.2) is 54.6 Å². The zero-order valence-electron chi connectivity index (χ0n) is 17.4. The van der Waals surface area contributed by atoms with Crippen LogP contribution in [0.2, 0.25) is 0 Å². The third-order valence-electron chi connectivity index (χ3n) is 4.88. The van der Waals surface area contributed by atoms with Gasteiger partial charge in [0.25, 0.3) is 0 Å².